The number of carbonyl (C=O) groups excluding carboxylic acids is 2. The summed E-state index contributed by atoms with van der Waals surface area (Å²) >= 11 is 1.47. The third-order valence-corrected chi connectivity index (χ3v) is 4.35. The number of thioether (sulfide) groups is 1. The summed E-state index contributed by atoms with van der Waals surface area (Å²) in [4.78, 5) is 24.8. The molecule has 6 nitrogen and oxygen atoms in total. The lowest BCUT2D eigenvalue weighted by molar-refractivity contribution is -0.113. The molecule has 2 aromatic rings. The standard InChI is InChI=1S/C15H16N4O2S/c1-9(2)19-13(5-6-16-19)18-15(21)10-3-4-12-11(7-10)17-14(20)8-22-12/h3-7,9H,8H2,1-2H3,(H,17,20)(H,18,21). The van der Waals surface area contributed by atoms with Gasteiger partial charge in [0.05, 0.1) is 17.6 Å². The van der Waals surface area contributed by atoms with Crippen LogP contribution in [-0.4, -0.2) is 27.3 Å². The SMILES string of the molecule is CC(C)n1nccc1NC(=O)c1ccc2c(c1)NC(=O)CS2. The third-order valence-electron chi connectivity index (χ3n) is 3.28. The van der Waals surface area contributed by atoms with Crippen LogP contribution in [0.5, 0.6) is 0 Å². The molecule has 2 amide bonds. The Morgan fingerprint density at radius 2 is 2.23 bits per heavy atom. The number of hydrogen-bond donors (Lipinski definition) is 2. The molecule has 1 aromatic heterocycles. The molecule has 3 rings (SSSR count). The quantitative estimate of drug-likeness (QED) is 0.913. The van der Waals surface area contributed by atoms with E-state index in [1.54, 1.807) is 29.1 Å². The van der Waals surface area contributed by atoms with E-state index in [1.165, 1.54) is 11.8 Å². The minimum absolute atomic E-state index is 0.0482. The van der Waals surface area contributed by atoms with Gasteiger partial charge in [-0.15, -0.1) is 11.8 Å². The van der Waals surface area contributed by atoms with Crippen LogP contribution in [0.15, 0.2) is 35.4 Å². The number of aromatic nitrogens is 2. The van der Waals surface area contributed by atoms with Crippen molar-refractivity contribution in [1.82, 2.24) is 9.78 Å². The minimum Gasteiger partial charge on any atom is -0.324 e. The van der Waals surface area contributed by atoms with Crippen molar-refractivity contribution in [2.24, 2.45) is 0 Å². The fourth-order valence-electron chi connectivity index (χ4n) is 2.24. The first kappa shape index (κ1) is 14.6. The summed E-state index contributed by atoms with van der Waals surface area (Å²) in [5.74, 6) is 0.783. The average Bonchev–Trinajstić information content (AvgIpc) is 2.94. The van der Waals surface area contributed by atoms with Gasteiger partial charge in [0.25, 0.3) is 5.91 Å². The van der Waals surface area contributed by atoms with Gasteiger partial charge in [-0.05, 0) is 32.0 Å². The topological polar surface area (TPSA) is 76.0 Å². The highest BCUT2D eigenvalue weighted by Crippen LogP contribution is 2.32. The smallest absolute Gasteiger partial charge is 0.256 e. The van der Waals surface area contributed by atoms with E-state index in [2.05, 4.69) is 15.7 Å². The lowest BCUT2D eigenvalue weighted by Crippen LogP contribution is -2.20. The van der Waals surface area contributed by atoms with E-state index >= 15 is 0 Å². The summed E-state index contributed by atoms with van der Waals surface area (Å²) < 4.78 is 1.74. The summed E-state index contributed by atoms with van der Waals surface area (Å²) in [6, 6.07) is 7.23. The van der Waals surface area contributed by atoms with Crippen LogP contribution in [0.2, 0.25) is 0 Å². The Kier molecular flexibility index (Phi) is 3.89. The molecule has 0 saturated carbocycles. The summed E-state index contributed by atoms with van der Waals surface area (Å²) in [5.41, 5.74) is 1.18. The number of fused-ring (bicyclic) bond motifs is 1. The van der Waals surface area contributed by atoms with Crippen molar-refractivity contribution in [3.8, 4) is 0 Å². The van der Waals surface area contributed by atoms with Gasteiger partial charge in [-0.25, -0.2) is 4.68 Å². The van der Waals surface area contributed by atoms with Crippen LogP contribution in [0.1, 0.15) is 30.2 Å². The third kappa shape index (κ3) is 2.85. The molecule has 2 heterocycles. The Morgan fingerprint density at radius 1 is 1.41 bits per heavy atom. The molecular weight excluding hydrogens is 300 g/mol. The monoisotopic (exact) mass is 316 g/mol. The number of hydrogen-bond acceptors (Lipinski definition) is 4. The second kappa shape index (κ2) is 5.84. The Morgan fingerprint density at radius 3 is 3.00 bits per heavy atom. The molecule has 1 aromatic carbocycles. The highest BCUT2D eigenvalue weighted by Gasteiger charge is 2.18. The van der Waals surface area contributed by atoms with Gasteiger partial charge >= 0.3 is 0 Å². The van der Waals surface area contributed by atoms with E-state index in [9.17, 15) is 9.59 Å². The van der Waals surface area contributed by atoms with Gasteiger partial charge in [-0.1, -0.05) is 0 Å². The van der Waals surface area contributed by atoms with E-state index in [0.29, 0.717) is 22.8 Å². The predicted molar refractivity (Wildman–Crippen MR) is 86.4 cm³/mol. The fourth-order valence-corrected chi connectivity index (χ4v) is 3.03. The normalized spacial score (nSPS) is 13.7. The number of carbonyl (C=O) groups is 2. The van der Waals surface area contributed by atoms with Gasteiger partial charge in [0, 0.05) is 22.6 Å². The molecule has 0 bridgehead atoms. The maximum absolute atomic E-state index is 12.4. The average molecular weight is 316 g/mol. The van der Waals surface area contributed by atoms with Crippen molar-refractivity contribution in [2.45, 2.75) is 24.8 Å². The number of nitrogens with zero attached hydrogens (tertiary/aromatic N) is 2. The van der Waals surface area contributed by atoms with Crippen LogP contribution in [0.3, 0.4) is 0 Å². The first-order valence-electron chi connectivity index (χ1n) is 6.96. The lowest BCUT2D eigenvalue weighted by atomic mass is 10.2. The number of rotatable bonds is 3. The Balaban J connectivity index is 1.82. The van der Waals surface area contributed by atoms with Gasteiger partial charge in [0.2, 0.25) is 5.91 Å². The van der Waals surface area contributed by atoms with Crippen LogP contribution in [0.4, 0.5) is 11.5 Å². The Hall–Kier alpha value is -2.28. The van der Waals surface area contributed by atoms with E-state index < -0.39 is 0 Å². The maximum atomic E-state index is 12.4. The summed E-state index contributed by atoms with van der Waals surface area (Å²) in [5, 5.41) is 9.82. The zero-order valence-corrected chi connectivity index (χ0v) is 13.1. The molecule has 0 spiro atoms. The van der Waals surface area contributed by atoms with E-state index in [0.717, 1.165) is 4.90 Å². The van der Waals surface area contributed by atoms with Crippen LogP contribution in [-0.2, 0) is 4.79 Å². The largest absolute Gasteiger partial charge is 0.324 e. The molecule has 0 atom stereocenters. The second-order valence-corrected chi connectivity index (χ2v) is 6.27. The van der Waals surface area contributed by atoms with Crippen molar-refractivity contribution in [1.29, 1.82) is 0 Å². The Bertz CT molecular complexity index is 739. The molecule has 22 heavy (non-hydrogen) atoms. The molecule has 2 N–H and O–H groups in total. The zero-order valence-electron chi connectivity index (χ0n) is 12.3. The highest BCUT2D eigenvalue weighted by molar-refractivity contribution is 8.00. The molecule has 7 heteroatoms. The van der Waals surface area contributed by atoms with Crippen molar-refractivity contribution in [2.75, 3.05) is 16.4 Å². The van der Waals surface area contributed by atoms with Crippen LogP contribution < -0.4 is 10.6 Å². The van der Waals surface area contributed by atoms with E-state index in [-0.39, 0.29) is 17.9 Å². The van der Waals surface area contributed by atoms with Crippen molar-refractivity contribution in [3.63, 3.8) is 0 Å². The number of benzene rings is 1. The van der Waals surface area contributed by atoms with E-state index in [4.69, 9.17) is 0 Å². The maximum Gasteiger partial charge on any atom is 0.256 e. The van der Waals surface area contributed by atoms with Gasteiger partial charge in [0.15, 0.2) is 0 Å². The molecule has 0 saturated heterocycles. The molecule has 0 fully saturated rings. The first-order valence-corrected chi connectivity index (χ1v) is 7.94. The summed E-state index contributed by atoms with van der Waals surface area (Å²) in [7, 11) is 0. The summed E-state index contributed by atoms with van der Waals surface area (Å²) in [6.45, 7) is 3.99. The fraction of sp³-hybridized carbons (Fsp3) is 0.267. The van der Waals surface area contributed by atoms with Crippen LogP contribution in [0, 0.1) is 0 Å². The lowest BCUT2D eigenvalue weighted by Gasteiger charge is -2.17. The van der Waals surface area contributed by atoms with Gasteiger partial charge in [-0.3, -0.25) is 9.59 Å². The van der Waals surface area contributed by atoms with Crippen molar-refractivity contribution < 1.29 is 9.59 Å². The number of nitrogens with one attached hydrogen (secondary N) is 2. The highest BCUT2D eigenvalue weighted by atomic mass is 32.2. The molecule has 0 unspecified atom stereocenters. The molecule has 0 radical (unpaired) electrons. The van der Waals surface area contributed by atoms with Crippen LogP contribution in [0.25, 0.3) is 0 Å². The van der Waals surface area contributed by atoms with Crippen molar-refractivity contribution >= 4 is 35.1 Å². The minimum atomic E-state index is -0.227. The molecule has 114 valence electrons. The zero-order chi connectivity index (χ0) is 15.7. The second-order valence-electron chi connectivity index (χ2n) is 5.26. The first-order chi connectivity index (χ1) is 10.5. The molecule has 1 aliphatic heterocycles. The predicted octanol–water partition coefficient (Wildman–Crippen LogP) is 2.76. The van der Waals surface area contributed by atoms with Gasteiger partial charge in [-0.2, -0.15) is 5.10 Å². The Labute approximate surface area is 132 Å². The molecule has 0 aliphatic carbocycles. The van der Waals surface area contributed by atoms with Crippen molar-refractivity contribution in [3.05, 3.63) is 36.0 Å². The van der Waals surface area contributed by atoms with Gasteiger partial charge < -0.3 is 10.6 Å². The van der Waals surface area contributed by atoms with Crippen LogP contribution >= 0.6 is 11.8 Å². The van der Waals surface area contributed by atoms with Gasteiger partial charge in [0.1, 0.15) is 5.82 Å². The number of amides is 2. The summed E-state index contributed by atoms with van der Waals surface area (Å²) in [6.07, 6.45) is 1.65. The molecular formula is C15H16N4O2S. The van der Waals surface area contributed by atoms with E-state index in [1.807, 2.05) is 19.9 Å². The molecule has 1 aliphatic rings. The number of anilines is 2.